The summed E-state index contributed by atoms with van der Waals surface area (Å²) in [5.74, 6) is 1.53. The van der Waals surface area contributed by atoms with E-state index in [0.717, 1.165) is 6.42 Å². The first kappa shape index (κ1) is 6.84. The van der Waals surface area contributed by atoms with Crippen molar-refractivity contribution in [2.24, 2.45) is 17.8 Å². The van der Waals surface area contributed by atoms with E-state index >= 15 is 0 Å². The van der Waals surface area contributed by atoms with E-state index in [0.29, 0.717) is 17.6 Å². The molecule has 2 unspecified atom stereocenters. The minimum atomic E-state index is 0.264. The Hall–Kier alpha value is -0.850. The highest BCUT2D eigenvalue weighted by molar-refractivity contribution is 5.95. The van der Waals surface area contributed by atoms with Crippen LogP contribution in [0.3, 0.4) is 0 Å². The van der Waals surface area contributed by atoms with Gasteiger partial charge in [0.25, 0.3) is 0 Å². The molecule has 0 spiro atoms. The lowest BCUT2D eigenvalue weighted by Gasteiger charge is -2.25. The number of hydrogen-bond acceptors (Lipinski definition) is 1. The molecule has 0 radical (unpaired) electrons. The molecule has 2 aliphatic rings. The summed E-state index contributed by atoms with van der Waals surface area (Å²) in [6.07, 6.45) is 9.21. The lowest BCUT2D eigenvalue weighted by Crippen LogP contribution is -2.24. The Bertz CT molecular complexity index is 237. The summed E-state index contributed by atoms with van der Waals surface area (Å²) in [4.78, 5) is 11.3. The average molecular weight is 148 g/mol. The number of hydrogen-bond donors (Lipinski definition) is 0. The van der Waals surface area contributed by atoms with Crippen LogP contribution in [0.25, 0.3) is 0 Å². The van der Waals surface area contributed by atoms with Crippen LogP contribution < -0.4 is 0 Å². The van der Waals surface area contributed by atoms with Crippen molar-refractivity contribution in [1.29, 1.82) is 0 Å². The van der Waals surface area contributed by atoms with Crippen molar-refractivity contribution in [3.05, 3.63) is 24.3 Å². The summed E-state index contributed by atoms with van der Waals surface area (Å²) in [6, 6.07) is 0. The smallest absolute Gasteiger partial charge is 0.159 e. The molecule has 0 aromatic heterocycles. The first-order valence-electron chi connectivity index (χ1n) is 4.18. The third-order valence-corrected chi connectivity index (χ3v) is 2.71. The number of carbonyl (C=O) groups excluding carboxylic acids is 1. The second-order valence-corrected chi connectivity index (χ2v) is 3.47. The first-order valence-corrected chi connectivity index (χ1v) is 4.18. The molecule has 0 aromatic rings. The van der Waals surface area contributed by atoms with Crippen LogP contribution in [0.1, 0.15) is 13.3 Å². The molecule has 0 aliphatic heterocycles. The SMILES string of the molecule is C[C@@H]1C=CCC2C=CC(=O)C21. The van der Waals surface area contributed by atoms with E-state index in [1.165, 1.54) is 0 Å². The van der Waals surface area contributed by atoms with Gasteiger partial charge < -0.3 is 0 Å². The lowest BCUT2D eigenvalue weighted by atomic mass is 9.78. The fourth-order valence-corrected chi connectivity index (χ4v) is 2.10. The molecule has 3 atom stereocenters. The van der Waals surface area contributed by atoms with Gasteiger partial charge >= 0.3 is 0 Å². The zero-order valence-electron chi connectivity index (χ0n) is 6.66. The van der Waals surface area contributed by atoms with Gasteiger partial charge in [-0.25, -0.2) is 0 Å². The van der Waals surface area contributed by atoms with E-state index in [1.54, 1.807) is 6.08 Å². The number of fused-ring (bicyclic) bond motifs is 1. The molecule has 0 N–H and O–H groups in total. The molecule has 0 saturated carbocycles. The highest BCUT2D eigenvalue weighted by Crippen LogP contribution is 2.35. The van der Waals surface area contributed by atoms with Crippen molar-refractivity contribution in [1.82, 2.24) is 0 Å². The van der Waals surface area contributed by atoms with E-state index < -0.39 is 0 Å². The second kappa shape index (κ2) is 2.33. The summed E-state index contributed by atoms with van der Waals surface area (Å²) in [6.45, 7) is 2.12. The maximum Gasteiger partial charge on any atom is 0.159 e. The van der Waals surface area contributed by atoms with Crippen LogP contribution in [0.5, 0.6) is 0 Å². The minimum Gasteiger partial charge on any atom is -0.295 e. The van der Waals surface area contributed by atoms with Gasteiger partial charge in [-0.2, -0.15) is 0 Å². The van der Waals surface area contributed by atoms with Crippen LogP contribution >= 0.6 is 0 Å². The molecule has 1 nitrogen and oxygen atoms in total. The maximum atomic E-state index is 11.3. The molecular formula is C10H12O. The van der Waals surface area contributed by atoms with Gasteiger partial charge in [0.15, 0.2) is 5.78 Å². The number of allylic oxidation sites excluding steroid dienone is 4. The van der Waals surface area contributed by atoms with Gasteiger partial charge in [-0.3, -0.25) is 4.79 Å². The Morgan fingerprint density at radius 2 is 2.27 bits per heavy atom. The molecule has 0 heterocycles. The predicted molar refractivity (Wildman–Crippen MR) is 44.0 cm³/mol. The highest BCUT2D eigenvalue weighted by Gasteiger charge is 2.34. The standard InChI is InChI=1S/C10H12O/c1-7-3-2-4-8-5-6-9(11)10(7)8/h2-3,5-8,10H,4H2,1H3/t7-,8?,10?/m1/s1. The van der Waals surface area contributed by atoms with E-state index in [-0.39, 0.29) is 5.92 Å². The fourth-order valence-electron chi connectivity index (χ4n) is 2.10. The Kier molecular flexibility index (Phi) is 1.45. The predicted octanol–water partition coefficient (Wildman–Crippen LogP) is 1.95. The number of rotatable bonds is 0. The molecular weight excluding hydrogens is 136 g/mol. The molecule has 0 saturated heterocycles. The Morgan fingerprint density at radius 1 is 1.45 bits per heavy atom. The van der Waals surface area contributed by atoms with Crippen molar-refractivity contribution >= 4 is 5.78 Å². The fraction of sp³-hybridized carbons (Fsp3) is 0.500. The van der Waals surface area contributed by atoms with Crippen LogP contribution in [0.4, 0.5) is 0 Å². The molecule has 2 aliphatic carbocycles. The van der Waals surface area contributed by atoms with Gasteiger partial charge in [-0.1, -0.05) is 25.2 Å². The summed E-state index contributed by atoms with van der Waals surface area (Å²) < 4.78 is 0. The molecule has 2 rings (SSSR count). The second-order valence-electron chi connectivity index (χ2n) is 3.47. The molecule has 0 fully saturated rings. The third kappa shape index (κ3) is 0.953. The van der Waals surface area contributed by atoms with E-state index in [2.05, 4.69) is 25.2 Å². The van der Waals surface area contributed by atoms with Crippen LogP contribution in [0.15, 0.2) is 24.3 Å². The Balaban J connectivity index is 2.28. The highest BCUT2D eigenvalue weighted by atomic mass is 16.1. The van der Waals surface area contributed by atoms with Gasteiger partial charge in [0.2, 0.25) is 0 Å². The van der Waals surface area contributed by atoms with Crippen LogP contribution in [-0.2, 0) is 4.79 Å². The third-order valence-electron chi connectivity index (χ3n) is 2.71. The summed E-state index contributed by atoms with van der Waals surface area (Å²) >= 11 is 0. The summed E-state index contributed by atoms with van der Waals surface area (Å²) in [5, 5.41) is 0. The average Bonchev–Trinajstić information content (AvgIpc) is 2.34. The van der Waals surface area contributed by atoms with Crippen molar-refractivity contribution in [3.63, 3.8) is 0 Å². The molecule has 0 aromatic carbocycles. The normalized spacial score (nSPS) is 41.2. The molecule has 58 valence electrons. The van der Waals surface area contributed by atoms with Crippen molar-refractivity contribution in [3.8, 4) is 0 Å². The van der Waals surface area contributed by atoms with Crippen molar-refractivity contribution in [2.75, 3.05) is 0 Å². The number of carbonyl (C=O) groups is 1. The summed E-state index contributed by atoms with van der Waals surface area (Å²) in [7, 11) is 0. The van der Waals surface area contributed by atoms with Gasteiger partial charge in [0, 0.05) is 5.92 Å². The maximum absolute atomic E-state index is 11.3. The van der Waals surface area contributed by atoms with Crippen LogP contribution in [0.2, 0.25) is 0 Å². The van der Waals surface area contributed by atoms with Gasteiger partial charge in [0.05, 0.1) is 0 Å². The quantitative estimate of drug-likeness (QED) is 0.480. The topological polar surface area (TPSA) is 17.1 Å². The first-order chi connectivity index (χ1) is 5.29. The van der Waals surface area contributed by atoms with E-state index in [9.17, 15) is 4.79 Å². The van der Waals surface area contributed by atoms with Crippen LogP contribution in [-0.4, -0.2) is 5.78 Å². The van der Waals surface area contributed by atoms with Crippen LogP contribution in [0, 0.1) is 17.8 Å². The zero-order valence-corrected chi connectivity index (χ0v) is 6.66. The summed E-state index contributed by atoms with van der Waals surface area (Å²) in [5.41, 5.74) is 0. The zero-order chi connectivity index (χ0) is 7.84. The largest absolute Gasteiger partial charge is 0.295 e. The lowest BCUT2D eigenvalue weighted by molar-refractivity contribution is -0.119. The van der Waals surface area contributed by atoms with Gasteiger partial charge in [0.1, 0.15) is 0 Å². The Labute approximate surface area is 66.8 Å². The number of ketones is 1. The minimum absolute atomic E-state index is 0.264. The van der Waals surface area contributed by atoms with E-state index in [4.69, 9.17) is 0 Å². The molecule has 0 amide bonds. The van der Waals surface area contributed by atoms with Gasteiger partial charge in [-0.15, -0.1) is 0 Å². The van der Waals surface area contributed by atoms with E-state index in [1.807, 2.05) is 0 Å². The molecule has 1 heteroatoms. The van der Waals surface area contributed by atoms with Gasteiger partial charge in [-0.05, 0) is 24.3 Å². The molecule has 0 bridgehead atoms. The molecule has 11 heavy (non-hydrogen) atoms. The van der Waals surface area contributed by atoms with Crippen molar-refractivity contribution < 1.29 is 4.79 Å². The monoisotopic (exact) mass is 148 g/mol. The van der Waals surface area contributed by atoms with Crippen molar-refractivity contribution in [2.45, 2.75) is 13.3 Å². The Morgan fingerprint density at radius 3 is 3.00 bits per heavy atom.